The monoisotopic (exact) mass is 270 g/mol. The van der Waals surface area contributed by atoms with Crippen molar-refractivity contribution < 1.29 is 12.8 Å². The Kier molecular flexibility index (Phi) is 3.46. The fourth-order valence-corrected chi connectivity index (χ4v) is 2.16. The third kappa shape index (κ3) is 2.76. The van der Waals surface area contributed by atoms with E-state index in [1.54, 1.807) is 13.8 Å². The Hall–Kier alpha value is -1.70. The molecule has 8 heteroatoms. The molecule has 98 valence electrons. The predicted octanol–water partition coefficient (Wildman–Crippen LogP) is 0.773. The minimum atomic E-state index is -2.99. The number of sulfone groups is 1. The van der Waals surface area contributed by atoms with Gasteiger partial charge in [-0.2, -0.15) is 4.98 Å². The molecule has 0 fully saturated rings. The summed E-state index contributed by atoms with van der Waals surface area (Å²) in [7, 11) is -2.99. The summed E-state index contributed by atoms with van der Waals surface area (Å²) in [6.07, 6.45) is 1.35. The van der Waals surface area contributed by atoms with Crippen LogP contribution in [-0.4, -0.2) is 41.4 Å². The molecule has 2 aromatic heterocycles. The summed E-state index contributed by atoms with van der Waals surface area (Å²) in [5, 5.41) is 2.94. The lowest BCUT2D eigenvalue weighted by Gasteiger charge is -2.04. The summed E-state index contributed by atoms with van der Waals surface area (Å²) in [5.41, 5.74) is 0.909. The van der Waals surface area contributed by atoms with Gasteiger partial charge >= 0.3 is 0 Å². The van der Waals surface area contributed by atoms with Crippen molar-refractivity contribution in [2.75, 3.05) is 23.4 Å². The van der Waals surface area contributed by atoms with E-state index in [1.165, 1.54) is 6.33 Å². The van der Waals surface area contributed by atoms with Crippen molar-refractivity contribution in [3.8, 4) is 0 Å². The van der Waals surface area contributed by atoms with Crippen LogP contribution in [-0.2, 0) is 9.84 Å². The number of aromatic nitrogens is 3. The minimum absolute atomic E-state index is 0.0613. The number of anilines is 1. The van der Waals surface area contributed by atoms with E-state index < -0.39 is 9.84 Å². The number of hydrogen-bond donors (Lipinski definition) is 1. The van der Waals surface area contributed by atoms with Crippen LogP contribution in [0.5, 0.6) is 0 Å². The van der Waals surface area contributed by atoms with Gasteiger partial charge < -0.3 is 9.73 Å². The topological polar surface area (TPSA) is 98.0 Å². The first-order valence-corrected chi connectivity index (χ1v) is 7.36. The Morgan fingerprint density at radius 2 is 2.17 bits per heavy atom. The smallest absolute Gasteiger partial charge is 0.252 e. The van der Waals surface area contributed by atoms with Crippen molar-refractivity contribution in [3.05, 3.63) is 12.2 Å². The van der Waals surface area contributed by atoms with E-state index in [9.17, 15) is 8.42 Å². The molecule has 0 aliphatic rings. The Labute approximate surface area is 105 Å². The third-order valence-electron chi connectivity index (χ3n) is 2.45. The van der Waals surface area contributed by atoms with Crippen LogP contribution in [0.4, 0.5) is 5.82 Å². The lowest BCUT2D eigenvalue weighted by molar-refractivity contribution is 0.551. The molecule has 0 aromatic carbocycles. The minimum Gasteiger partial charge on any atom is -0.422 e. The fraction of sp³-hybridized carbons (Fsp3) is 0.500. The molecular formula is C10H14N4O3S. The lowest BCUT2D eigenvalue weighted by Crippen LogP contribution is -2.17. The molecule has 0 aliphatic carbocycles. The maximum absolute atomic E-state index is 11.4. The molecule has 0 bridgehead atoms. The highest BCUT2D eigenvalue weighted by Crippen LogP contribution is 2.18. The SMILES string of the molecule is CCS(=O)(=O)CCNc1ncnc2oc(C)nc12. The molecule has 18 heavy (non-hydrogen) atoms. The summed E-state index contributed by atoms with van der Waals surface area (Å²) < 4.78 is 28.0. The Morgan fingerprint density at radius 3 is 2.89 bits per heavy atom. The van der Waals surface area contributed by atoms with Gasteiger partial charge in [0.1, 0.15) is 6.33 Å². The maximum atomic E-state index is 11.4. The van der Waals surface area contributed by atoms with Gasteiger partial charge in [0, 0.05) is 19.2 Å². The molecule has 2 heterocycles. The van der Waals surface area contributed by atoms with Gasteiger partial charge in [0.25, 0.3) is 5.71 Å². The second-order valence-electron chi connectivity index (χ2n) is 3.77. The van der Waals surface area contributed by atoms with Gasteiger partial charge in [-0.15, -0.1) is 0 Å². The summed E-state index contributed by atoms with van der Waals surface area (Å²) >= 11 is 0. The van der Waals surface area contributed by atoms with E-state index in [2.05, 4.69) is 20.3 Å². The van der Waals surface area contributed by atoms with Gasteiger partial charge in [0.05, 0.1) is 5.75 Å². The highest BCUT2D eigenvalue weighted by atomic mass is 32.2. The van der Waals surface area contributed by atoms with E-state index in [4.69, 9.17) is 4.42 Å². The second kappa shape index (κ2) is 4.89. The van der Waals surface area contributed by atoms with Crippen LogP contribution in [0.25, 0.3) is 11.2 Å². The summed E-state index contributed by atoms with van der Waals surface area (Å²) in [6.45, 7) is 3.63. The van der Waals surface area contributed by atoms with Crippen LogP contribution in [0, 0.1) is 6.92 Å². The molecule has 0 radical (unpaired) electrons. The number of aryl methyl sites for hydroxylation is 1. The quantitative estimate of drug-likeness (QED) is 0.856. The van der Waals surface area contributed by atoms with Gasteiger partial charge in [-0.3, -0.25) is 0 Å². The largest absolute Gasteiger partial charge is 0.422 e. The number of nitrogens with zero attached hydrogens (tertiary/aromatic N) is 3. The zero-order valence-corrected chi connectivity index (χ0v) is 11.0. The van der Waals surface area contributed by atoms with E-state index >= 15 is 0 Å². The van der Waals surface area contributed by atoms with E-state index in [0.717, 1.165) is 0 Å². The third-order valence-corrected chi connectivity index (χ3v) is 4.15. The fourth-order valence-electron chi connectivity index (χ4n) is 1.46. The van der Waals surface area contributed by atoms with Gasteiger partial charge in [-0.25, -0.2) is 18.4 Å². The number of hydrogen-bond acceptors (Lipinski definition) is 7. The Bertz CT molecular complexity index is 650. The van der Waals surface area contributed by atoms with Crippen molar-refractivity contribution in [2.45, 2.75) is 13.8 Å². The molecule has 2 rings (SSSR count). The number of oxazole rings is 1. The number of nitrogens with one attached hydrogen (secondary N) is 1. The molecule has 0 saturated carbocycles. The van der Waals surface area contributed by atoms with Crippen LogP contribution < -0.4 is 5.32 Å². The number of rotatable bonds is 5. The van der Waals surface area contributed by atoms with Crippen molar-refractivity contribution in [1.82, 2.24) is 15.0 Å². The predicted molar refractivity (Wildman–Crippen MR) is 67.2 cm³/mol. The van der Waals surface area contributed by atoms with Gasteiger partial charge in [-0.1, -0.05) is 6.92 Å². The highest BCUT2D eigenvalue weighted by molar-refractivity contribution is 7.91. The maximum Gasteiger partial charge on any atom is 0.252 e. The van der Waals surface area contributed by atoms with Crippen LogP contribution in [0.3, 0.4) is 0 Å². The first-order valence-electron chi connectivity index (χ1n) is 5.54. The zero-order chi connectivity index (χ0) is 13.2. The van der Waals surface area contributed by atoms with Gasteiger partial charge in [-0.05, 0) is 0 Å². The Morgan fingerprint density at radius 1 is 1.39 bits per heavy atom. The van der Waals surface area contributed by atoms with Crippen molar-refractivity contribution in [3.63, 3.8) is 0 Å². The average Bonchev–Trinajstić information content (AvgIpc) is 2.70. The van der Waals surface area contributed by atoms with Crippen molar-refractivity contribution in [2.24, 2.45) is 0 Å². The molecule has 7 nitrogen and oxygen atoms in total. The molecule has 0 amide bonds. The molecule has 2 aromatic rings. The van der Waals surface area contributed by atoms with Gasteiger partial charge in [0.2, 0.25) is 0 Å². The summed E-state index contributed by atoms with van der Waals surface area (Å²) in [4.78, 5) is 12.1. The normalized spacial score (nSPS) is 11.9. The van der Waals surface area contributed by atoms with E-state index in [1.807, 2.05) is 0 Å². The average molecular weight is 270 g/mol. The van der Waals surface area contributed by atoms with Gasteiger partial charge in [0.15, 0.2) is 27.1 Å². The highest BCUT2D eigenvalue weighted by Gasteiger charge is 2.11. The first kappa shape index (κ1) is 12.7. The molecule has 0 aliphatic heterocycles. The molecule has 0 unspecified atom stereocenters. The van der Waals surface area contributed by atoms with Crippen LogP contribution >= 0.6 is 0 Å². The molecule has 0 atom stereocenters. The van der Waals surface area contributed by atoms with E-state index in [-0.39, 0.29) is 18.1 Å². The van der Waals surface area contributed by atoms with Crippen molar-refractivity contribution in [1.29, 1.82) is 0 Å². The van der Waals surface area contributed by atoms with E-state index in [0.29, 0.717) is 22.9 Å². The molecule has 0 spiro atoms. The lowest BCUT2D eigenvalue weighted by atomic mass is 10.5. The Balaban J connectivity index is 2.13. The van der Waals surface area contributed by atoms with Crippen LogP contribution in [0.2, 0.25) is 0 Å². The number of fused-ring (bicyclic) bond motifs is 1. The molecule has 0 saturated heterocycles. The van der Waals surface area contributed by atoms with Crippen molar-refractivity contribution >= 4 is 26.9 Å². The molecule has 1 N–H and O–H groups in total. The summed E-state index contributed by atoms with van der Waals surface area (Å²) in [5.74, 6) is 1.18. The first-order chi connectivity index (χ1) is 8.52. The van der Waals surface area contributed by atoms with Crippen LogP contribution in [0.1, 0.15) is 12.8 Å². The standard InChI is InChI=1S/C10H14N4O3S/c1-3-18(15,16)5-4-11-9-8-10(13-6-12-9)17-7(2)14-8/h6H,3-5H2,1-2H3,(H,11,12,13). The zero-order valence-electron chi connectivity index (χ0n) is 10.2. The van der Waals surface area contributed by atoms with Crippen LogP contribution in [0.15, 0.2) is 10.7 Å². The summed E-state index contributed by atoms with van der Waals surface area (Å²) in [6, 6.07) is 0. The molecular weight excluding hydrogens is 256 g/mol. The second-order valence-corrected chi connectivity index (χ2v) is 6.24.